The fraction of sp³-hybridized carbons (Fsp3) is 0.500. The van der Waals surface area contributed by atoms with Crippen LogP contribution < -0.4 is 5.32 Å². The van der Waals surface area contributed by atoms with E-state index in [2.05, 4.69) is 5.32 Å². The Balaban J connectivity index is 2.48. The predicted octanol–water partition coefficient (Wildman–Crippen LogP) is 2.50. The number of phenols is 1. The van der Waals surface area contributed by atoms with Crippen LogP contribution in [0.3, 0.4) is 0 Å². The summed E-state index contributed by atoms with van der Waals surface area (Å²) in [6.45, 7) is 3.50. The first-order valence-corrected chi connectivity index (χ1v) is 7.18. The molecule has 0 atom stereocenters. The lowest BCUT2D eigenvalue weighted by Gasteiger charge is -2.22. The first-order valence-electron chi connectivity index (χ1n) is 7.18. The van der Waals surface area contributed by atoms with Gasteiger partial charge in [-0.15, -0.1) is 0 Å². The van der Waals surface area contributed by atoms with E-state index < -0.39 is 0 Å². The first-order chi connectivity index (χ1) is 9.54. The molecule has 0 spiro atoms. The van der Waals surface area contributed by atoms with Crippen molar-refractivity contribution < 1.29 is 14.7 Å². The lowest BCUT2D eigenvalue weighted by molar-refractivity contribution is -0.119. The summed E-state index contributed by atoms with van der Waals surface area (Å²) in [6.07, 6.45) is 4.33. The van der Waals surface area contributed by atoms with E-state index in [-0.39, 0.29) is 24.0 Å². The molecule has 0 saturated heterocycles. The van der Waals surface area contributed by atoms with Crippen molar-refractivity contribution in [2.24, 2.45) is 0 Å². The van der Waals surface area contributed by atoms with E-state index in [1.165, 1.54) is 6.92 Å². The number of hydrogen-bond acceptors (Lipinski definition) is 3. The van der Waals surface area contributed by atoms with Crippen LogP contribution in [-0.2, 0) is 24.2 Å². The molecule has 1 aromatic carbocycles. The van der Waals surface area contributed by atoms with E-state index in [0.717, 1.165) is 36.8 Å². The lowest BCUT2D eigenvalue weighted by atomic mass is 9.84. The van der Waals surface area contributed by atoms with Crippen molar-refractivity contribution in [1.82, 2.24) is 5.32 Å². The van der Waals surface area contributed by atoms with Gasteiger partial charge in [0.25, 0.3) is 0 Å². The van der Waals surface area contributed by atoms with Gasteiger partial charge in [0, 0.05) is 25.5 Å². The number of Topliss-reactive ketones (excluding diaryl/α,β-unsaturated/α-hetero) is 1. The fourth-order valence-corrected chi connectivity index (χ4v) is 2.79. The molecule has 0 aliphatic heterocycles. The number of carbonyl (C=O) groups excluding carboxylic acids is 2. The number of benzene rings is 1. The summed E-state index contributed by atoms with van der Waals surface area (Å²) in [4.78, 5) is 23.2. The Bertz CT molecular complexity index is 549. The van der Waals surface area contributed by atoms with E-state index in [9.17, 15) is 14.7 Å². The summed E-state index contributed by atoms with van der Waals surface area (Å²) in [5, 5.41) is 13.1. The number of hydrogen-bond donors (Lipinski definition) is 2. The molecule has 2 rings (SSSR count). The molecular formula is C16H21NO3. The third-order valence-electron chi connectivity index (χ3n) is 3.83. The Hall–Kier alpha value is -1.84. The fourth-order valence-electron chi connectivity index (χ4n) is 2.79. The van der Waals surface area contributed by atoms with Gasteiger partial charge < -0.3 is 10.4 Å². The number of amides is 1. The smallest absolute Gasteiger partial charge is 0.217 e. The Labute approximate surface area is 119 Å². The van der Waals surface area contributed by atoms with E-state index in [0.29, 0.717) is 17.5 Å². The van der Waals surface area contributed by atoms with Gasteiger partial charge in [0.2, 0.25) is 5.91 Å². The highest BCUT2D eigenvalue weighted by molar-refractivity contribution is 6.00. The second kappa shape index (κ2) is 6.07. The third-order valence-corrected chi connectivity index (χ3v) is 3.83. The maximum atomic E-state index is 12.1. The average molecular weight is 275 g/mol. The second-order valence-corrected chi connectivity index (χ2v) is 5.29. The van der Waals surface area contributed by atoms with Gasteiger partial charge >= 0.3 is 0 Å². The Morgan fingerprint density at radius 1 is 1.30 bits per heavy atom. The Morgan fingerprint density at radius 3 is 2.65 bits per heavy atom. The van der Waals surface area contributed by atoms with Gasteiger partial charge in [-0.2, -0.15) is 0 Å². The molecular weight excluding hydrogens is 254 g/mol. The Morgan fingerprint density at radius 2 is 2.00 bits per heavy atom. The zero-order valence-corrected chi connectivity index (χ0v) is 12.1. The molecule has 2 N–H and O–H groups in total. The summed E-state index contributed by atoms with van der Waals surface area (Å²) < 4.78 is 0. The van der Waals surface area contributed by atoms with Crippen LogP contribution in [0, 0.1) is 0 Å². The predicted molar refractivity (Wildman–Crippen MR) is 76.9 cm³/mol. The van der Waals surface area contributed by atoms with Crippen LogP contribution in [0.25, 0.3) is 0 Å². The van der Waals surface area contributed by atoms with Gasteiger partial charge in [0.1, 0.15) is 5.75 Å². The largest absolute Gasteiger partial charge is 0.507 e. The third kappa shape index (κ3) is 2.84. The van der Waals surface area contributed by atoms with Crippen LogP contribution in [0.15, 0.2) is 6.07 Å². The lowest BCUT2D eigenvalue weighted by Crippen LogP contribution is -2.20. The maximum absolute atomic E-state index is 12.1. The first kappa shape index (κ1) is 14.6. The molecule has 0 aromatic heterocycles. The molecule has 0 radical (unpaired) electrons. The summed E-state index contributed by atoms with van der Waals surface area (Å²) in [7, 11) is 0. The normalized spacial score (nSPS) is 13.7. The van der Waals surface area contributed by atoms with Crippen LogP contribution in [0.5, 0.6) is 5.75 Å². The topological polar surface area (TPSA) is 66.4 Å². The zero-order chi connectivity index (χ0) is 14.7. The van der Waals surface area contributed by atoms with E-state index in [1.54, 1.807) is 6.92 Å². The zero-order valence-electron chi connectivity index (χ0n) is 12.1. The molecule has 0 unspecified atom stereocenters. The summed E-state index contributed by atoms with van der Waals surface area (Å²) in [5.41, 5.74) is 3.26. The molecule has 4 nitrogen and oxygen atoms in total. The number of carbonyl (C=O) groups is 2. The molecule has 0 bridgehead atoms. The van der Waals surface area contributed by atoms with Crippen LogP contribution >= 0.6 is 0 Å². The summed E-state index contributed by atoms with van der Waals surface area (Å²) in [6, 6.07) is 1.94. The number of rotatable bonds is 4. The SMILES string of the molecule is CCC(=O)c1c(O)c(CNC(C)=O)cc2c1CCCC2. The van der Waals surface area contributed by atoms with Crippen LogP contribution in [0.2, 0.25) is 0 Å². The quantitative estimate of drug-likeness (QED) is 0.830. The average Bonchev–Trinajstić information content (AvgIpc) is 2.44. The van der Waals surface area contributed by atoms with Crippen molar-refractivity contribution in [3.8, 4) is 5.75 Å². The molecule has 1 amide bonds. The van der Waals surface area contributed by atoms with Gasteiger partial charge in [-0.3, -0.25) is 9.59 Å². The number of nitrogens with one attached hydrogen (secondary N) is 1. The second-order valence-electron chi connectivity index (χ2n) is 5.29. The van der Waals surface area contributed by atoms with Crippen molar-refractivity contribution in [3.63, 3.8) is 0 Å². The minimum absolute atomic E-state index is 0.0228. The number of phenolic OH excluding ortho intramolecular Hbond substituents is 1. The van der Waals surface area contributed by atoms with Crippen LogP contribution in [0.1, 0.15) is 60.2 Å². The number of fused-ring (bicyclic) bond motifs is 1. The van der Waals surface area contributed by atoms with E-state index >= 15 is 0 Å². The number of aromatic hydroxyl groups is 1. The van der Waals surface area contributed by atoms with Gasteiger partial charge in [-0.25, -0.2) is 0 Å². The minimum Gasteiger partial charge on any atom is -0.507 e. The van der Waals surface area contributed by atoms with Crippen LogP contribution in [0.4, 0.5) is 0 Å². The molecule has 0 fully saturated rings. The molecule has 4 heteroatoms. The summed E-state index contributed by atoms with van der Waals surface area (Å²) in [5.74, 6) is -0.123. The molecule has 1 aliphatic rings. The Kier molecular flexibility index (Phi) is 4.42. The number of ketones is 1. The van der Waals surface area contributed by atoms with Crippen molar-refractivity contribution >= 4 is 11.7 Å². The van der Waals surface area contributed by atoms with Gasteiger partial charge in [-0.05, 0) is 36.8 Å². The van der Waals surface area contributed by atoms with Crippen LogP contribution in [-0.4, -0.2) is 16.8 Å². The van der Waals surface area contributed by atoms with Gasteiger partial charge in [0.15, 0.2) is 5.78 Å². The molecule has 1 aliphatic carbocycles. The van der Waals surface area contributed by atoms with E-state index in [4.69, 9.17) is 0 Å². The monoisotopic (exact) mass is 275 g/mol. The standard InChI is InChI=1S/C16H21NO3/c1-3-14(19)15-13-7-5-4-6-11(13)8-12(16(15)20)9-17-10(2)18/h8,20H,3-7,9H2,1-2H3,(H,17,18). The molecule has 108 valence electrons. The molecule has 0 heterocycles. The van der Waals surface area contributed by atoms with Crippen molar-refractivity contribution in [2.75, 3.05) is 0 Å². The maximum Gasteiger partial charge on any atom is 0.217 e. The molecule has 0 saturated carbocycles. The highest BCUT2D eigenvalue weighted by atomic mass is 16.3. The van der Waals surface area contributed by atoms with Gasteiger partial charge in [0.05, 0.1) is 5.56 Å². The number of aryl methyl sites for hydroxylation is 1. The van der Waals surface area contributed by atoms with Crippen molar-refractivity contribution in [3.05, 3.63) is 28.3 Å². The molecule has 20 heavy (non-hydrogen) atoms. The van der Waals surface area contributed by atoms with E-state index in [1.807, 2.05) is 6.07 Å². The highest BCUT2D eigenvalue weighted by Gasteiger charge is 2.23. The van der Waals surface area contributed by atoms with Gasteiger partial charge in [-0.1, -0.05) is 13.0 Å². The van der Waals surface area contributed by atoms with Crippen molar-refractivity contribution in [2.45, 2.75) is 52.5 Å². The van der Waals surface area contributed by atoms with Crippen molar-refractivity contribution in [1.29, 1.82) is 0 Å². The summed E-state index contributed by atoms with van der Waals surface area (Å²) >= 11 is 0. The minimum atomic E-state index is -0.148. The molecule has 1 aromatic rings. The highest BCUT2D eigenvalue weighted by Crippen LogP contribution is 2.34.